The molecule has 0 aromatic rings. The highest BCUT2D eigenvalue weighted by Gasteiger charge is 1.95. The maximum atomic E-state index is 7.39. The Hall–Kier alpha value is 0. The van der Waals surface area contributed by atoms with E-state index in [0.29, 0.717) is 0 Å². The molecule has 1 aliphatic rings. The van der Waals surface area contributed by atoms with Crippen LogP contribution >= 0.6 is 0 Å². The molecule has 36 valence electrons. The molecular formula is C6H12. The molecule has 0 heterocycles. The lowest BCUT2D eigenvalue weighted by Gasteiger charge is -2.05. The molecule has 0 radical (unpaired) electrons. The average Bonchev–Trinajstić information content (AvgIpc) is 2.13. The fourth-order valence-corrected chi connectivity index (χ4v) is 0.212. The molecular weight excluding hydrogens is 72.1 g/mol. The molecule has 6 heavy (non-hydrogen) atoms. The SMILES string of the molecule is [2H]C1C([2H])([2H])C([2H])([2H])C([2H])([2H])C([2H])([2H])C1([2H])[2H]. The molecule has 0 aliphatic heterocycles. The van der Waals surface area contributed by atoms with Crippen LogP contribution in [0.15, 0.2) is 0 Å². The fourth-order valence-electron chi connectivity index (χ4n) is 0.212. The van der Waals surface area contributed by atoms with Crippen molar-refractivity contribution < 1.29 is 15.1 Å². The van der Waals surface area contributed by atoms with Crippen LogP contribution in [0.25, 0.3) is 0 Å². The molecule has 0 aromatic carbocycles. The summed E-state index contributed by atoms with van der Waals surface area (Å²) in [5.41, 5.74) is 0. The van der Waals surface area contributed by atoms with Crippen LogP contribution in [0.2, 0.25) is 0 Å². The van der Waals surface area contributed by atoms with Gasteiger partial charge in [0.1, 0.15) is 0 Å². The van der Waals surface area contributed by atoms with Crippen molar-refractivity contribution in [2.45, 2.75) is 38.3 Å². The van der Waals surface area contributed by atoms with E-state index >= 15 is 0 Å². The van der Waals surface area contributed by atoms with E-state index in [1.807, 2.05) is 0 Å². The Morgan fingerprint density at radius 3 is 2.00 bits per heavy atom. The molecule has 0 amide bonds. The Labute approximate surface area is 55.0 Å². The van der Waals surface area contributed by atoms with Crippen molar-refractivity contribution in [3.8, 4) is 0 Å². The minimum absolute atomic E-state index is 2.36. The Balaban J connectivity index is 3.56. The van der Waals surface area contributed by atoms with Gasteiger partial charge in [-0.25, -0.2) is 0 Å². The first-order chi connectivity index (χ1) is 7.15. The lowest BCUT2D eigenvalue weighted by atomic mass is 10.0. The van der Waals surface area contributed by atoms with E-state index in [9.17, 15) is 0 Å². The predicted octanol–water partition coefficient (Wildman–Crippen LogP) is 2.34. The highest BCUT2D eigenvalue weighted by atomic mass is 14.0. The first kappa shape index (κ1) is 0.519. The van der Waals surface area contributed by atoms with E-state index in [1.54, 1.807) is 0 Å². The quantitative estimate of drug-likeness (QED) is 0.433. The molecule has 0 unspecified atom stereocenters. The predicted molar refractivity (Wildman–Crippen MR) is 27.7 cm³/mol. The van der Waals surface area contributed by atoms with Crippen LogP contribution in [0.4, 0.5) is 0 Å². The van der Waals surface area contributed by atoms with Gasteiger partial charge in [0.25, 0.3) is 0 Å². The van der Waals surface area contributed by atoms with Crippen molar-refractivity contribution in [1.82, 2.24) is 0 Å². The minimum atomic E-state index is -3.38. The summed E-state index contributed by atoms with van der Waals surface area (Å²) >= 11 is 0. The second-order valence-corrected chi connectivity index (χ2v) is 0.808. The van der Waals surface area contributed by atoms with Gasteiger partial charge in [0.15, 0.2) is 0 Å². The summed E-state index contributed by atoms with van der Waals surface area (Å²) in [6, 6.07) is 0. The van der Waals surface area contributed by atoms with Crippen LogP contribution in [0.5, 0.6) is 0 Å². The van der Waals surface area contributed by atoms with Crippen LogP contribution in [0.1, 0.15) is 53.3 Å². The molecule has 0 spiro atoms. The molecule has 0 heteroatoms. The van der Waals surface area contributed by atoms with Gasteiger partial charge >= 0.3 is 0 Å². The third kappa shape index (κ3) is 1.00. The van der Waals surface area contributed by atoms with Crippen molar-refractivity contribution >= 4 is 0 Å². The highest BCUT2D eigenvalue weighted by molar-refractivity contribution is 4.51. The number of hydrogen-bond donors (Lipinski definition) is 0. The summed E-state index contributed by atoms with van der Waals surface area (Å²) in [6.07, 6.45) is -18.6. The number of hydrogen-bond acceptors (Lipinski definition) is 0. The molecule has 1 saturated carbocycles. The molecule has 1 rings (SSSR count). The molecule has 1 fully saturated rings. The van der Waals surface area contributed by atoms with E-state index in [2.05, 4.69) is 0 Å². The van der Waals surface area contributed by atoms with Gasteiger partial charge in [-0.2, -0.15) is 0 Å². The standard InChI is InChI=1S/C6H12/c1-2-4-6-5-3-1/h1-6H2/i1D,2D2,3D2,4D2,5D2,6D2. The monoisotopic (exact) mass is 95.2 g/mol. The Kier molecular flexibility index (Phi) is 0.192. The van der Waals surface area contributed by atoms with E-state index in [1.165, 1.54) is 0 Å². The second-order valence-electron chi connectivity index (χ2n) is 0.808. The molecule has 0 nitrogen and oxygen atoms in total. The van der Waals surface area contributed by atoms with Gasteiger partial charge in [0.2, 0.25) is 0 Å². The summed E-state index contributed by atoms with van der Waals surface area (Å²) in [5, 5.41) is 0. The lowest BCUT2D eigenvalue weighted by Crippen LogP contribution is -1.85. The Bertz CT molecular complexity index is 299. The third-order valence-electron chi connectivity index (χ3n) is 0.414. The topological polar surface area (TPSA) is 0 Å². The van der Waals surface area contributed by atoms with Gasteiger partial charge in [-0.1, -0.05) is 38.3 Å². The molecule has 0 aromatic heterocycles. The zero-order valence-corrected chi connectivity index (χ0v) is 3.08. The van der Waals surface area contributed by atoms with Crippen LogP contribution in [-0.4, -0.2) is 0 Å². The van der Waals surface area contributed by atoms with Gasteiger partial charge in [-0.15, -0.1) is 0 Å². The van der Waals surface area contributed by atoms with Crippen molar-refractivity contribution in [2.75, 3.05) is 0 Å². The van der Waals surface area contributed by atoms with Crippen LogP contribution < -0.4 is 0 Å². The van der Waals surface area contributed by atoms with Gasteiger partial charge in [0, 0.05) is 15.1 Å². The smallest absolute Gasteiger partial charge is 0.0267 e. The van der Waals surface area contributed by atoms with Gasteiger partial charge in [0.05, 0.1) is 0 Å². The summed E-state index contributed by atoms with van der Waals surface area (Å²) in [7, 11) is 0. The highest BCUT2D eigenvalue weighted by Crippen LogP contribution is 2.15. The van der Waals surface area contributed by atoms with Crippen molar-refractivity contribution in [3.63, 3.8) is 0 Å². The van der Waals surface area contributed by atoms with Crippen LogP contribution in [0.3, 0.4) is 0 Å². The normalized spacial score (nSPS) is 96.3. The van der Waals surface area contributed by atoms with E-state index in [4.69, 9.17) is 15.1 Å². The first-order valence-electron chi connectivity index (χ1n) is 7.15. The van der Waals surface area contributed by atoms with E-state index in [0.717, 1.165) is 0 Å². The fraction of sp³-hybridized carbons (Fsp3) is 1.00. The average molecular weight is 95.2 g/mol. The Morgan fingerprint density at radius 1 is 0.833 bits per heavy atom. The molecule has 0 saturated heterocycles. The molecule has 0 bridgehead atoms. The molecule has 0 atom stereocenters. The summed E-state index contributed by atoms with van der Waals surface area (Å²) in [4.78, 5) is 0. The maximum absolute atomic E-state index is 7.39. The zero-order valence-electron chi connectivity index (χ0n) is 14.1. The van der Waals surface area contributed by atoms with Gasteiger partial charge < -0.3 is 0 Å². The minimum Gasteiger partial charge on any atom is -0.0533 e. The first-order valence-corrected chi connectivity index (χ1v) is 1.58. The molecule has 0 N–H and O–H groups in total. The number of rotatable bonds is 0. The lowest BCUT2D eigenvalue weighted by molar-refractivity contribution is 0.504. The van der Waals surface area contributed by atoms with Crippen LogP contribution in [0, 0.1) is 0 Å². The van der Waals surface area contributed by atoms with Crippen LogP contribution in [-0.2, 0) is 0 Å². The second kappa shape index (κ2) is 2.22. The van der Waals surface area contributed by atoms with Crippen molar-refractivity contribution in [3.05, 3.63) is 0 Å². The maximum Gasteiger partial charge on any atom is 0.0267 e. The molecule has 1 aliphatic carbocycles. The largest absolute Gasteiger partial charge is 0.0533 e. The van der Waals surface area contributed by atoms with Crippen molar-refractivity contribution in [1.29, 1.82) is 0 Å². The van der Waals surface area contributed by atoms with E-state index in [-0.39, 0.29) is 0 Å². The third-order valence-corrected chi connectivity index (χ3v) is 0.414. The van der Waals surface area contributed by atoms with E-state index < -0.39 is 38.3 Å². The Morgan fingerprint density at radius 2 is 1.33 bits per heavy atom. The summed E-state index contributed by atoms with van der Waals surface area (Å²) < 4.78 is 81.2. The van der Waals surface area contributed by atoms with Crippen molar-refractivity contribution in [2.24, 2.45) is 0 Å². The summed E-state index contributed by atoms with van der Waals surface area (Å²) in [5.74, 6) is 0. The summed E-state index contributed by atoms with van der Waals surface area (Å²) in [6.45, 7) is 0. The zero-order chi connectivity index (χ0) is 14.1. The van der Waals surface area contributed by atoms with Gasteiger partial charge in [-0.05, 0) is 0 Å². The van der Waals surface area contributed by atoms with Gasteiger partial charge in [-0.3, -0.25) is 0 Å².